The molecule has 0 bridgehead atoms. The van der Waals surface area contributed by atoms with Gasteiger partial charge in [-0.15, -0.1) is 5.10 Å². The fraction of sp³-hybridized carbons (Fsp3) is 0.667. The molecule has 0 aromatic heterocycles. The lowest BCUT2D eigenvalue weighted by Crippen LogP contribution is -3.13. The molecule has 0 aromatic carbocycles. The highest BCUT2D eigenvalue weighted by molar-refractivity contribution is 5.42. The Bertz CT molecular complexity index is 88.9. The Kier molecular flexibility index (Phi) is 0.958. The summed E-state index contributed by atoms with van der Waals surface area (Å²) in [6.45, 7) is 0. The zero-order valence-corrected chi connectivity index (χ0v) is 4.47. The maximum absolute atomic E-state index is 3.76. The topological polar surface area (TPSA) is 32.1 Å². The first kappa shape index (κ1) is 4.55. The van der Waals surface area contributed by atoms with E-state index in [4.69, 9.17) is 0 Å². The standard InChI is InChI=1S/C3H8N4/c1-6-3-4-5-7(6)2/h3,5H,1-2H3/p+1. The number of hydrogen-bond donors (Lipinski definition) is 2. The summed E-state index contributed by atoms with van der Waals surface area (Å²) in [7, 11) is 3.91. The Morgan fingerprint density at radius 3 is 2.71 bits per heavy atom. The van der Waals surface area contributed by atoms with Crippen LogP contribution in [0.25, 0.3) is 0 Å². The summed E-state index contributed by atoms with van der Waals surface area (Å²) in [4.78, 5) is 0. The maximum Gasteiger partial charge on any atom is 0.228 e. The van der Waals surface area contributed by atoms with E-state index in [0.29, 0.717) is 0 Å². The van der Waals surface area contributed by atoms with Crippen LogP contribution in [0.4, 0.5) is 0 Å². The zero-order valence-electron chi connectivity index (χ0n) is 4.47. The largest absolute Gasteiger partial charge is 0.228 e. The normalized spacial score (nSPS) is 30.9. The Labute approximate surface area is 42.3 Å². The van der Waals surface area contributed by atoms with Crippen molar-refractivity contribution in [1.82, 2.24) is 10.7 Å². The van der Waals surface area contributed by atoms with Crippen LogP contribution >= 0.6 is 0 Å². The van der Waals surface area contributed by atoms with Crippen molar-refractivity contribution in [2.75, 3.05) is 14.1 Å². The summed E-state index contributed by atoms with van der Waals surface area (Å²) < 4.78 is 0. The van der Waals surface area contributed by atoms with Gasteiger partial charge < -0.3 is 0 Å². The second-order valence-corrected chi connectivity index (χ2v) is 1.56. The summed E-state index contributed by atoms with van der Waals surface area (Å²) in [5.74, 6) is 0. The van der Waals surface area contributed by atoms with Gasteiger partial charge in [-0.05, 0) is 5.12 Å². The molecule has 7 heavy (non-hydrogen) atoms. The van der Waals surface area contributed by atoms with Gasteiger partial charge >= 0.3 is 0 Å². The molecule has 0 radical (unpaired) electrons. The molecular weight excluding hydrogens is 92.1 g/mol. The number of hydrogen-bond acceptors (Lipinski definition) is 3. The average molecular weight is 101 g/mol. The number of hydrazine groups is 1. The molecule has 0 aromatic rings. The van der Waals surface area contributed by atoms with Crippen LogP contribution in [-0.2, 0) is 0 Å². The van der Waals surface area contributed by atoms with Gasteiger partial charge in [-0.2, -0.15) is 10.5 Å². The number of nitrogens with zero attached hydrogens (tertiary/aromatic N) is 2. The van der Waals surface area contributed by atoms with Crippen molar-refractivity contribution >= 4 is 6.34 Å². The van der Waals surface area contributed by atoms with E-state index in [1.165, 1.54) is 0 Å². The number of rotatable bonds is 0. The van der Waals surface area contributed by atoms with E-state index < -0.39 is 0 Å². The Morgan fingerprint density at radius 2 is 2.57 bits per heavy atom. The van der Waals surface area contributed by atoms with E-state index in [1.807, 2.05) is 19.2 Å². The lowest BCUT2D eigenvalue weighted by atomic mass is 11.1. The van der Waals surface area contributed by atoms with Crippen molar-refractivity contribution in [3.63, 3.8) is 0 Å². The van der Waals surface area contributed by atoms with Crippen LogP contribution in [-0.4, -0.2) is 25.6 Å². The number of quaternary nitrogens is 1. The minimum absolute atomic E-state index is 1.14. The van der Waals surface area contributed by atoms with E-state index in [9.17, 15) is 0 Å². The molecule has 4 heteroatoms. The van der Waals surface area contributed by atoms with Gasteiger partial charge in [-0.1, -0.05) is 0 Å². The molecule has 1 heterocycles. The van der Waals surface area contributed by atoms with Gasteiger partial charge in [0.05, 0.1) is 14.1 Å². The van der Waals surface area contributed by atoms with Crippen molar-refractivity contribution in [3.05, 3.63) is 0 Å². The fourth-order valence-corrected chi connectivity index (χ4v) is 0.374. The smallest absolute Gasteiger partial charge is 0.195 e. The van der Waals surface area contributed by atoms with E-state index in [0.717, 1.165) is 5.01 Å². The van der Waals surface area contributed by atoms with Crippen molar-refractivity contribution in [2.45, 2.75) is 0 Å². The van der Waals surface area contributed by atoms with Crippen LogP contribution in [0.15, 0.2) is 5.10 Å². The van der Waals surface area contributed by atoms with Gasteiger partial charge in [-0.3, -0.25) is 0 Å². The molecule has 1 aliphatic heterocycles. The molecule has 0 fully saturated rings. The molecule has 0 spiro atoms. The fourth-order valence-electron chi connectivity index (χ4n) is 0.374. The van der Waals surface area contributed by atoms with Gasteiger partial charge in [0.2, 0.25) is 6.34 Å². The number of hydrazone groups is 1. The molecule has 1 aliphatic rings. The minimum Gasteiger partial charge on any atom is -0.195 e. The van der Waals surface area contributed by atoms with Gasteiger partial charge in [0.25, 0.3) is 0 Å². The lowest BCUT2D eigenvalue weighted by Gasteiger charge is -2.08. The molecule has 4 nitrogen and oxygen atoms in total. The van der Waals surface area contributed by atoms with Crippen molar-refractivity contribution in [1.29, 1.82) is 0 Å². The Morgan fingerprint density at radius 1 is 1.86 bits per heavy atom. The van der Waals surface area contributed by atoms with Crippen LogP contribution in [0.1, 0.15) is 0 Å². The van der Waals surface area contributed by atoms with E-state index in [-0.39, 0.29) is 0 Å². The quantitative estimate of drug-likeness (QED) is 0.363. The van der Waals surface area contributed by atoms with Crippen LogP contribution in [0.2, 0.25) is 0 Å². The van der Waals surface area contributed by atoms with E-state index in [2.05, 4.69) is 10.6 Å². The zero-order chi connectivity index (χ0) is 5.28. The average Bonchev–Trinajstić information content (AvgIpc) is 1.91. The van der Waals surface area contributed by atoms with Crippen LogP contribution in [0.3, 0.4) is 0 Å². The molecule has 1 rings (SSSR count). The first-order chi connectivity index (χ1) is 3.30. The predicted octanol–water partition coefficient (Wildman–Crippen LogP) is -2.19. The van der Waals surface area contributed by atoms with Crippen molar-refractivity contribution in [3.8, 4) is 0 Å². The van der Waals surface area contributed by atoms with Crippen LogP contribution < -0.4 is 10.5 Å². The monoisotopic (exact) mass is 101 g/mol. The second kappa shape index (κ2) is 1.48. The van der Waals surface area contributed by atoms with Crippen molar-refractivity contribution in [2.24, 2.45) is 5.10 Å². The maximum atomic E-state index is 3.76. The van der Waals surface area contributed by atoms with Crippen LogP contribution in [0.5, 0.6) is 0 Å². The first-order valence-electron chi connectivity index (χ1n) is 2.16. The molecule has 0 amide bonds. The Balaban J connectivity index is 2.45. The molecule has 2 N–H and O–H groups in total. The highest BCUT2D eigenvalue weighted by Gasteiger charge is 2.09. The van der Waals surface area contributed by atoms with Gasteiger partial charge in [0.15, 0.2) is 0 Å². The van der Waals surface area contributed by atoms with Crippen molar-refractivity contribution < 1.29 is 5.01 Å². The molecule has 0 saturated heterocycles. The summed E-state index contributed by atoms with van der Waals surface area (Å²) in [6.07, 6.45) is 1.78. The summed E-state index contributed by atoms with van der Waals surface area (Å²) in [6, 6.07) is 0. The summed E-state index contributed by atoms with van der Waals surface area (Å²) in [5.41, 5.74) is 2.73. The molecule has 0 aliphatic carbocycles. The molecule has 0 saturated carbocycles. The van der Waals surface area contributed by atoms with E-state index >= 15 is 0 Å². The summed E-state index contributed by atoms with van der Waals surface area (Å²) >= 11 is 0. The third kappa shape index (κ3) is 0.703. The van der Waals surface area contributed by atoms with Gasteiger partial charge in [-0.25, -0.2) is 0 Å². The summed E-state index contributed by atoms with van der Waals surface area (Å²) in [5, 5.41) is 6.75. The highest BCUT2D eigenvalue weighted by Crippen LogP contribution is 1.60. The second-order valence-electron chi connectivity index (χ2n) is 1.56. The number of nitrogens with one attached hydrogen (secondary N) is 2. The molecule has 40 valence electrons. The molecule has 1 atom stereocenters. The highest BCUT2D eigenvalue weighted by atomic mass is 15.9. The molecular formula is C3H9N4+. The van der Waals surface area contributed by atoms with Crippen LogP contribution in [0, 0.1) is 0 Å². The Hall–Kier alpha value is -0.610. The van der Waals surface area contributed by atoms with E-state index in [1.54, 1.807) is 6.34 Å². The SMILES string of the molecule is CN1NN=C[NH+]1C. The predicted molar refractivity (Wildman–Crippen MR) is 26.3 cm³/mol. The minimum atomic E-state index is 1.14. The third-order valence-electron chi connectivity index (χ3n) is 0.988. The lowest BCUT2D eigenvalue weighted by molar-refractivity contribution is -0.907. The first-order valence-corrected chi connectivity index (χ1v) is 2.16. The van der Waals surface area contributed by atoms with Gasteiger partial charge in [0.1, 0.15) is 0 Å². The third-order valence-corrected chi connectivity index (χ3v) is 0.988. The molecule has 1 unspecified atom stereocenters. The van der Waals surface area contributed by atoms with Gasteiger partial charge in [0, 0.05) is 0 Å².